The van der Waals surface area contributed by atoms with E-state index in [9.17, 15) is 0 Å². The van der Waals surface area contributed by atoms with Gasteiger partial charge in [-0.1, -0.05) is 67.5 Å². The number of aryl methyl sites for hydroxylation is 2. The fraction of sp³-hybridized carbons (Fsp3) is 0.0526. The molecule has 3 aromatic heterocycles. The number of nitrogens with zero attached hydrogens (tertiary/aromatic N) is 3. The number of imidazole rings is 1. The molecule has 3 heterocycles. The first-order valence-electron chi connectivity index (χ1n) is 16.3. The molecule has 0 aliphatic carbocycles. The molecule has 0 saturated heterocycles. The molecule has 8 aromatic rings. The van der Waals surface area contributed by atoms with Crippen LogP contribution in [-0.2, 0) is 20.1 Å². The van der Waals surface area contributed by atoms with E-state index < -0.39 is 13.7 Å². The summed E-state index contributed by atoms with van der Waals surface area (Å²) >= 11 is 0. The van der Waals surface area contributed by atoms with E-state index in [0.29, 0.717) is 11.3 Å². The predicted octanol–water partition coefficient (Wildman–Crippen LogP) is 9.47. The Morgan fingerprint density at radius 2 is 1.50 bits per heavy atom. The van der Waals surface area contributed by atoms with E-state index in [1.165, 1.54) is 45.9 Å². The SMILES string of the molecule is [2H]C([2H])([2H])c1c[c-]c(-c2ccc(C([2H])([2H])[2H])cn2)cc1.[Ir].[c-]1ccc2cc1c1nc3ccccc3n1c1cccc(c1)c1ccccc21. The van der Waals surface area contributed by atoms with E-state index in [-0.39, 0.29) is 31.2 Å². The van der Waals surface area contributed by atoms with Gasteiger partial charge >= 0.3 is 0 Å². The van der Waals surface area contributed by atoms with Crippen LogP contribution < -0.4 is 0 Å². The van der Waals surface area contributed by atoms with Gasteiger partial charge in [-0.15, -0.1) is 70.4 Å². The summed E-state index contributed by atoms with van der Waals surface area (Å²) in [6.45, 7) is -4.34. The van der Waals surface area contributed by atoms with Gasteiger partial charge in [0, 0.05) is 40.0 Å². The van der Waals surface area contributed by atoms with Crippen LogP contribution in [0.2, 0.25) is 0 Å². The zero-order valence-corrected chi connectivity index (χ0v) is 24.7. The molecule has 4 heteroatoms. The fourth-order valence-electron chi connectivity index (χ4n) is 5.17. The Balaban J connectivity index is 0.000000172. The quantitative estimate of drug-likeness (QED) is 0.158. The molecule has 0 saturated carbocycles. The van der Waals surface area contributed by atoms with Crippen LogP contribution in [0.4, 0.5) is 0 Å². The molecule has 3 nitrogen and oxygen atoms in total. The molecule has 1 radical (unpaired) electrons. The average molecular weight is 724 g/mol. The molecule has 0 spiro atoms. The largest absolute Gasteiger partial charge is 0.333 e. The van der Waals surface area contributed by atoms with Gasteiger partial charge < -0.3 is 9.38 Å². The van der Waals surface area contributed by atoms with Gasteiger partial charge in [0.2, 0.25) is 0 Å². The first-order chi connectivity index (χ1) is 22.6. The second-order valence-corrected chi connectivity index (χ2v) is 9.77. The minimum atomic E-state index is -2.18. The van der Waals surface area contributed by atoms with Gasteiger partial charge in [-0.2, -0.15) is 0 Å². The minimum Gasteiger partial charge on any atom is -0.333 e. The number of hydrogen-bond acceptors (Lipinski definition) is 2. The summed E-state index contributed by atoms with van der Waals surface area (Å²) in [6.07, 6.45) is 1.30. The molecule has 4 bridgehead atoms. The van der Waals surface area contributed by atoms with Crippen LogP contribution >= 0.6 is 0 Å². The van der Waals surface area contributed by atoms with Crippen LogP contribution in [0.1, 0.15) is 19.4 Å². The molecule has 205 valence electrons. The molecule has 0 aliphatic rings. The van der Waals surface area contributed by atoms with Gasteiger partial charge in [-0.25, -0.2) is 0 Å². The van der Waals surface area contributed by atoms with Gasteiger partial charge in [0.25, 0.3) is 0 Å². The van der Waals surface area contributed by atoms with Gasteiger partial charge in [0.1, 0.15) is 0 Å². The Morgan fingerprint density at radius 3 is 2.26 bits per heavy atom. The topological polar surface area (TPSA) is 30.2 Å². The van der Waals surface area contributed by atoms with Crippen molar-refractivity contribution in [1.82, 2.24) is 14.4 Å². The van der Waals surface area contributed by atoms with Gasteiger partial charge in [0.15, 0.2) is 0 Å². The van der Waals surface area contributed by atoms with Crippen molar-refractivity contribution >= 4 is 49.1 Å². The molecular weight excluding hydrogens is 691 g/mol. The summed E-state index contributed by atoms with van der Waals surface area (Å²) in [6, 6.07) is 45.7. The third-order valence-corrected chi connectivity index (χ3v) is 7.11. The van der Waals surface area contributed by atoms with Crippen molar-refractivity contribution in [3.8, 4) is 11.3 Å². The maximum atomic E-state index is 7.28. The van der Waals surface area contributed by atoms with Gasteiger partial charge in [-0.05, 0) is 58.5 Å². The van der Waals surface area contributed by atoms with Crippen molar-refractivity contribution in [2.75, 3.05) is 0 Å². The van der Waals surface area contributed by atoms with E-state index in [2.05, 4.69) is 100 Å². The third-order valence-electron chi connectivity index (χ3n) is 7.11. The number of aromatic nitrogens is 3. The molecule has 42 heavy (non-hydrogen) atoms. The number of hydrogen-bond donors (Lipinski definition) is 0. The predicted molar refractivity (Wildman–Crippen MR) is 171 cm³/mol. The third kappa shape index (κ3) is 5.23. The van der Waals surface area contributed by atoms with Crippen molar-refractivity contribution in [2.24, 2.45) is 0 Å². The molecule has 0 N–H and O–H groups in total. The summed E-state index contributed by atoms with van der Waals surface area (Å²) < 4.78 is 45.9. The number of pyridine rings is 1. The van der Waals surface area contributed by atoms with Crippen LogP contribution in [0.3, 0.4) is 0 Å². The molecule has 8 rings (SSSR count). The number of benzene rings is 5. The van der Waals surface area contributed by atoms with Crippen LogP contribution in [0.25, 0.3) is 60.4 Å². The Hall–Kier alpha value is -4.63. The monoisotopic (exact) mass is 724 g/mol. The first kappa shape index (κ1) is 21.1. The summed E-state index contributed by atoms with van der Waals surface area (Å²) in [7, 11) is 0. The molecule has 0 aliphatic heterocycles. The van der Waals surface area contributed by atoms with E-state index in [1.54, 1.807) is 12.1 Å². The molecule has 0 fully saturated rings. The fourth-order valence-corrected chi connectivity index (χ4v) is 5.17. The second-order valence-electron chi connectivity index (χ2n) is 9.77. The Bertz CT molecular complexity index is 2380. The van der Waals surface area contributed by atoms with Crippen LogP contribution in [-0.4, -0.2) is 14.4 Å². The van der Waals surface area contributed by atoms with Crippen molar-refractivity contribution in [2.45, 2.75) is 13.7 Å². The molecular formula is C38H27IrN3-2. The Kier molecular flexibility index (Phi) is 5.88. The summed E-state index contributed by atoms with van der Waals surface area (Å²) in [5.41, 5.74) is 5.69. The average Bonchev–Trinajstić information content (AvgIpc) is 3.48. The van der Waals surface area contributed by atoms with Crippen LogP contribution in [0.15, 0.2) is 128 Å². The molecule has 0 unspecified atom stereocenters. The molecule has 5 aromatic carbocycles. The van der Waals surface area contributed by atoms with E-state index in [0.717, 1.165) is 27.6 Å². The van der Waals surface area contributed by atoms with Crippen molar-refractivity contribution < 1.29 is 28.3 Å². The normalized spacial score (nSPS) is 13.6. The number of para-hydroxylation sites is 2. The standard InChI is InChI=1S/C25H15N2.C13H12N.Ir/c1-2-12-22-18-8-6-10-20(16-18)27-24-14-4-3-13-23(24)26-25(27)19-9-5-7-17(15-19)21(22)11-1;1-10-3-6-12(7-4-10)13-8-5-11(2)9-14-13;/h1-8,10-16H;3-6,8-9H,1-2H3;/q2*-1;/i;1D3,2D3;. The Morgan fingerprint density at radius 1 is 0.714 bits per heavy atom. The van der Waals surface area contributed by atoms with Gasteiger partial charge in [-0.3, -0.25) is 4.98 Å². The second kappa shape index (κ2) is 11.7. The smallest absolute Gasteiger partial charge is 0.0774 e. The molecule has 0 amide bonds. The number of fused-ring (bicyclic) bond motifs is 12. The maximum Gasteiger partial charge on any atom is 0.0774 e. The van der Waals surface area contributed by atoms with E-state index >= 15 is 0 Å². The number of rotatable bonds is 1. The summed E-state index contributed by atoms with van der Waals surface area (Å²) in [5.74, 6) is 0. The summed E-state index contributed by atoms with van der Waals surface area (Å²) in [4.78, 5) is 9.02. The van der Waals surface area contributed by atoms with Gasteiger partial charge in [0.05, 0.1) is 16.7 Å². The minimum absolute atomic E-state index is 0. The van der Waals surface area contributed by atoms with Crippen molar-refractivity contribution in [3.63, 3.8) is 0 Å². The zero-order chi connectivity index (χ0) is 32.8. The van der Waals surface area contributed by atoms with Crippen molar-refractivity contribution in [1.29, 1.82) is 0 Å². The van der Waals surface area contributed by atoms with E-state index in [1.807, 2.05) is 12.1 Å². The van der Waals surface area contributed by atoms with Crippen LogP contribution in [0, 0.1) is 25.8 Å². The van der Waals surface area contributed by atoms with Crippen LogP contribution in [0.5, 0.6) is 0 Å². The first-order valence-corrected chi connectivity index (χ1v) is 13.3. The van der Waals surface area contributed by atoms with Crippen molar-refractivity contribution in [3.05, 3.63) is 151 Å². The summed E-state index contributed by atoms with van der Waals surface area (Å²) in [5, 5.41) is 5.87. The zero-order valence-electron chi connectivity index (χ0n) is 28.3. The Labute approximate surface area is 266 Å². The van der Waals surface area contributed by atoms with E-state index in [4.69, 9.17) is 13.2 Å². The maximum absolute atomic E-state index is 7.28. The molecule has 0 atom stereocenters.